The molecule has 0 spiro atoms. The van der Waals surface area contributed by atoms with E-state index in [0.717, 1.165) is 4.47 Å². The molecule has 2 aromatic carbocycles. The molecule has 0 saturated carbocycles. The van der Waals surface area contributed by atoms with E-state index in [-0.39, 0.29) is 5.56 Å². The zero-order valence-electron chi connectivity index (χ0n) is 12.0. The summed E-state index contributed by atoms with van der Waals surface area (Å²) < 4.78 is 34.7. The highest BCUT2D eigenvalue weighted by Crippen LogP contribution is 2.35. The number of nitrogens with one attached hydrogen (secondary N) is 1. The van der Waals surface area contributed by atoms with Crippen LogP contribution in [0, 0.1) is 18.6 Å². The third kappa shape index (κ3) is 3.09. The van der Waals surface area contributed by atoms with Crippen molar-refractivity contribution in [1.29, 1.82) is 0 Å². The number of benzene rings is 2. The van der Waals surface area contributed by atoms with Gasteiger partial charge in [0, 0.05) is 15.6 Å². The summed E-state index contributed by atoms with van der Waals surface area (Å²) in [7, 11) is 3.19. The summed E-state index contributed by atoms with van der Waals surface area (Å²) in [4.78, 5) is 0. The van der Waals surface area contributed by atoms with E-state index >= 15 is 0 Å². The summed E-state index contributed by atoms with van der Waals surface area (Å²) in [5.74, 6) is -0.564. The Morgan fingerprint density at radius 1 is 1.19 bits per heavy atom. The van der Waals surface area contributed by atoms with Crippen LogP contribution >= 0.6 is 15.9 Å². The van der Waals surface area contributed by atoms with Gasteiger partial charge >= 0.3 is 0 Å². The Labute approximate surface area is 131 Å². The van der Waals surface area contributed by atoms with Crippen LogP contribution in [0.25, 0.3) is 0 Å². The minimum atomic E-state index is -0.632. The predicted molar refractivity (Wildman–Crippen MR) is 82.7 cm³/mol. The fraction of sp³-hybridized carbons (Fsp3) is 0.250. The van der Waals surface area contributed by atoms with E-state index in [1.807, 2.05) is 6.07 Å². The summed E-state index contributed by atoms with van der Waals surface area (Å²) in [5, 5.41) is 2.96. The maximum absolute atomic E-state index is 14.4. The van der Waals surface area contributed by atoms with Gasteiger partial charge in [0.15, 0.2) is 0 Å². The summed E-state index contributed by atoms with van der Waals surface area (Å²) in [6.45, 7) is 1.61. The minimum absolute atomic E-state index is 0.00174. The van der Waals surface area contributed by atoms with Crippen LogP contribution in [0.4, 0.5) is 8.78 Å². The molecule has 2 aromatic rings. The number of hydrogen-bond donors (Lipinski definition) is 1. The number of hydrogen-bond acceptors (Lipinski definition) is 2. The topological polar surface area (TPSA) is 21.3 Å². The van der Waals surface area contributed by atoms with Crippen molar-refractivity contribution in [3.8, 4) is 5.75 Å². The average molecular weight is 356 g/mol. The smallest absolute Gasteiger partial charge is 0.134 e. The molecule has 0 aliphatic rings. The molecule has 1 atom stereocenters. The fourth-order valence-corrected chi connectivity index (χ4v) is 2.66. The third-order valence-electron chi connectivity index (χ3n) is 3.40. The first kappa shape index (κ1) is 15.9. The van der Waals surface area contributed by atoms with E-state index in [0.29, 0.717) is 16.9 Å². The molecule has 0 heterocycles. The number of aryl methyl sites for hydroxylation is 1. The van der Waals surface area contributed by atoms with Crippen molar-refractivity contribution >= 4 is 15.9 Å². The van der Waals surface area contributed by atoms with Gasteiger partial charge in [-0.2, -0.15) is 0 Å². The van der Waals surface area contributed by atoms with E-state index < -0.39 is 17.7 Å². The van der Waals surface area contributed by atoms with Gasteiger partial charge in [0.1, 0.15) is 17.4 Å². The molecule has 0 fully saturated rings. The maximum atomic E-state index is 14.4. The first-order valence-corrected chi connectivity index (χ1v) is 7.24. The van der Waals surface area contributed by atoms with Crippen molar-refractivity contribution in [3.63, 3.8) is 0 Å². The van der Waals surface area contributed by atoms with E-state index in [1.165, 1.54) is 19.2 Å². The van der Waals surface area contributed by atoms with Crippen molar-refractivity contribution in [2.75, 3.05) is 14.2 Å². The first-order valence-electron chi connectivity index (χ1n) is 6.44. The predicted octanol–water partition coefficient (Wildman–Crippen LogP) is 4.35. The SMILES string of the molecule is CNC(c1ccc(Br)cc1OC)c1c(F)ccc(C)c1F. The van der Waals surface area contributed by atoms with Crippen molar-refractivity contribution < 1.29 is 13.5 Å². The van der Waals surface area contributed by atoms with Crippen LogP contribution in [0.5, 0.6) is 5.75 Å². The van der Waals surface area contributed by atoms with Crippen LogP contribution in [-0.2, 0) is 0 Å². The van der Waals surface area contributed by atoms with Crippen LogP contribution in [0.1, 0.15) is 22.7 Å². The molecule has 0 bridgehead atoms. The standard InChI is InChI=1S/C16H16BrF2NO/c1-9-4-7-12(18)14(15(9)19)16(20-2)11-6-5-10(17)8-13(11)21-3/h4-8,16,20H,1-3H3. The lowest BCUT2D eigenvalue weighted by molar-refractivity contribution is 0.403. The molecule has 0 amide bonds. The summed E-state index contributed by atoms with van der Waals surface area (Å²) in [6, 6.07) is 7.45. The van der Waals surface area contributed by atoms with Gasteiger partial charge in [0.2, 0.25) is 0 Å². The molecule has 21 heavy (non-hydrogen) atoms. The van der Waals surface area contributed by atoms with Crippen molar-refractivity contribution in [2.45, 2.75) is 13.0 Å². The summed E-state index contributed by atoms with van der Waals surface area (Å²) in [6.07, 6.45) is 0. The molecule has 2 rings (SSSR count). The van der Waals surface area contributed by atoms with Crippen LogP contribution < -0.4 is 10.1 Å². The molecule has 0 saturated heterocycles. The van der Waals surface area contributed by atoms with E-state index in [1.54, 1.807) is 26.1 Å². The summed E-state index contributed by atoms with van der Waals surface area (Å²) in [5.41, 5.74) is 1.08. The zero-order valence-corrected chi connectivity index (χ0v) is 13.6. The highest BCUT2D eigenvalue weighted by molar-refractivity contribution is 9.10. The Morgan fingerprint density at radius 3 is 2.52 bits per heavy atom. The van der Waals surface area contributed by atoms with Gasteiger partial charge in [-0.1, -0.05) is 28.1 Å². The molecule has 2 nitrogen and oxygen atoms in total. The molecular formula is C16H16BrF2NO. The lowest BCUT2D eigenvalue weighted by atomic mass is 9.95. The Morgan fingerprint density at radius 2 is 1.90 bits per heavy atom. The van der Waals surface area contributed by atoms with Crippen LogP contribution in [0.3, 0.4) is 0 Å². The molecule has 0 aliphatic carbocycles. The van der Waals surface area contributed by atoms with Gasteiger partial charge in [-0.05, 0) is 37.7 Å². The van der Waals surface area contributed by atoms with E-state index in [9.17, 15) is 8.78 Å². The van der Waals surface area contributed by atoms with Crippen molar-refractivity contribution in [3.05, 3.63) is 63.1 Å². The zero-order chi connectivity index (χ0) is 15.6. The monoisotopic (exact) mass is 355 g/mol. The van der Waals surface area contributed by atoms with Gasteiger partial charge in [-0.3, -0.25) is 0 Å². The van der Waals surface area contributed by atoms with Gasteiger partial charge in [0.25, 0.3) is 0 Å². The molecule has 112 valence electrons. The summed E-state index contributed by atoms with van der Waals surface area (Å²) >= 11 is 3.36. The third-order valence-corrected chi connectivity index (χ3v) is 3.90. The quantitative estimate of drug-likeness (QED) is 0.879. The average Bonchev–Trinajstić information content (AvgIpc) is 2.48. The molecule has 5 heteroatoms. The minimum Gasteiger partial charge on any atom is -0.496 e. The Kier molecular flexibility index (Phi) is 4.96. The molecule has 0 aromatic heterocycles. The second-order valence-corrected chi connectivity index (χ2v) is 5.62. The van der Waals surface area contributed by atoms with Crippen LogP contribution in [0.2, 0.25) is 0 Å². The van der Waals surface area contributed by atoms with Crippen molar-refractivity contribution in [2.24, 2.45) is 0 Å². The number of rotatable bonds is 4. The lowest BCUT2D eigenvalue weighted by Crippen LogP contribution is -2.21. The molecule has 1 unspecified atom stereocenters. The van der Waals surface area contributed by atoms with Gasteiger partial charge < -0.3 is 10.1 Å². The van der Waals surface area contributed by atoms with E-state index in [4.69, 9.17) is 4.74 Å². The van der Waals surface area contributed by atoms with Crippen LogP contribution in [0.15, 0.2) is 34.8 Å². The Balaban J connectivity index is 2.63. The largest absolute Gasteiger partial charge is 0.496 e. The Hall–Kier alpha value is -1.46. The highest BCUT2D eigenvalue weighted by Gasteiger charge is 2.24. The maximum Gasteiger partial charge on any atom is 0.134 e. The number of ether oxygens (including phenoxy) is 1. The normalized spacial score (nSPS) is 12.3. The molecule has 0 radical (unpaired) electrons. The lowest BCUT2D eigenvalue weighted by Gasteiger charge is -2.21. The highest BCUT2D eigenvalue weighted by atomic mass is 79.9. The second kappa shape index (κ2) is 6.54. The number of methoxy groups -OCH3 is 1. The van der Waals surface area contributed by atoms with E-state index in [2.05, 4.69) is 21.2 Å². The van der Waals surface area contributed by atoms with Gasteiger partial charge in [-0.25, -0.2) is 8.78 Å². The van der Waals surface area contributed by atoms with Crippen molar-refractivity contribution in [1.82, 2.24) is 5.32 Å². The first-order chi connectivity index (χ1) is 9.99. The second-order valence-electron chi connectivity index (χ2n) is 4.70. The molecule has 1 N–H and O–H groups in total. The fourth-order valence-electron chi connectivity index (χ4n) is 2.32. The number of halogens is 3. The van der Waals surface area contributed by atoms with Gasteiger partial charge in [0.05, 0.1) is 13.2 Å². The van der Waals surface area contributed by atoms with Crippen LogP contribution in [-0.4, -0.2) is 14.2 Å². The Bertz CT molecular complexity index is 661. The molecular weight excluding hydrogens is 340 g/mol. The molecule has 0 aliphatic heterocycles. The van der Waals surface area contributed by atoms with Gasteiger partial charge in [-0.15, -0.1) is 0 Å².